The summed E-state index contributed by atoms with van der Waals surface area (Å²) in [7, 11) is 0. The first kappa shape index (κ1) is 11.8. The fraction of sp³-hybridized carbons (Fsp3) is 0.267. The number of benzene rings is 1. The SMILES string of the molecule is C[C@@H](NC(=O)C1CNc2ccccc21)c1ccco1. The molecule has 0 radical (unpaired) electrons. The van der Waals surface area contributed by atoms with Gasteiger partial charge in [0.15, 0.2) is 0 Å². The van der Waals surface area contributed by atoms with E-state index in [0.717, 1.165) is 17.0 Å². The lowest BCUT2D eigenvalue weighted by molar-refractivity contribution is -0.122. The van der Waals surface area contributed by atoms with Gasteiger partial charge in [0.2, 0.25) is 5.91 Å². The Morgan fingerprint density at radius 1 is 1.37 bits per heavy atom. The zero-order valence-electron chi connectivity index (χ0n) is 10.7. The minimum absolute atomic E-state index is 0.0290. The topological polar surface area (TPSA) is 54.3 Å². The molecule has 1 unspecified atom stereocenters. The normalized spacial score (nSPS) is 18.5. The van der Waals surface area contributed by atoms with Gasteiger partial charge in [-0.05, 0) is 30.7 Å². The summed E-state index contributed by atoms with van der Waals surface area (Å²) in [5, 5.41) is 6.25. The van der Waals surface area contributed by atoms with Crippen molar-refractivity contribution in [1.82, 2.24) is 5.32 Å². The van der Waals surface area contributed by atoms with Crippen LogP contribution in [0.25, 0.3) is 0 Å². The third-order valence-electron chi connectivity index (χ3n) is 3.48. The highest BCUT2D eigenvalue weighted by molar-refractivity contribution is 5.88. The number of amides is 1. The minimum Gasteiger partial charge on any atom is -0.467 e. The van der Waals surface area contributed by atoms with E-state index in [1.807, 2.05) is 43.3 Å². The maximum Gasteiger partial charge on any atom is 0.229 e. The summed E-state index contributed by atoms with van der Waals surface area (Å²) in [6.07, 6.45) is 1.62. The monoisotopic (exact) mass is 256 g/mol. The predicted molar refractivity (Wildman–Crippen MR) is 72.9 cm³/mol. The molecule has 1 aliphatic heterocycles. The van der Waals surface area contributed by atoms with E-state index in [1.165, 1.54) is 0 Å². The van der Waals surface area contributed by atoms with Crippen LogP contribution in [0.2, 0.25) is 0 Å². The van der Waals surface area contributed by atoms with Crippen LogP contribution in [-0.4, -0.2) is 12.5 Å². The number of hydrogen-bond donors (Lipinski definition) is 2. The Kier molecular flexibility index (Phi) is 2.99. The van der Waals surface area contributed by atoms with E-state index >= 15 is 0 Å². The lowest BCUT2D eigenvalue weighted by Gasteiger charge is -2.15. The number of furan rings is 1. The molecule has 1 amide bonds. The Hall–Kier alpha value is -2.23. The highest BCUT2D eigenvalue weighted by Crippen LogP contribution is 2.31. The second-order valence-electron chi connectivity index (χ2n) is 4.77. The first-order chi connectivity index (χ1) is 9.25. The molecule has 0 saturated heterocycles. The third kappa shape index (κ3) is 2.21. The second kappa shape index (κ2) is 4.80. The van der Waals surface area contributed by atoms with Gasteiger partial charge in [-0.1, -0.05) is 18.2 Å². The number of carbonyl (C=O) groups excluding carboxylic acids is 1. The van der Waals surface area contributed by atoms with Gasteiger partial charge in [-0.2, -0.15) is 0 Å². The van der Waals surface area contributed by atoms with Crippen LogP contribution in [0.3, 0.4) is 0 Å². The van der Waals surface area contributed by atoms with Crippen molar-refractivity contribution in [2.45, 2.75) is 18.9 Å². The largest absolute Gasteiger partial charge is 0.467 e. The summed E-state index contributed by atoms with van der Waals surface area (Å²) in [4.78, 5) is 12.3. The molecule has 3 rings (SSSR count). The molecule has 0 spiro atoms. The molecule has 1 aromatic carbocycles. The molecule has 1 aliphatic rings. The van der Waals surface area contributed by atoms with E-state index in [0.29, 0.717) is 6.54 Å². The molecule has 19 heavy (non-hydrogen) atoms. The number of rotatable bonds is 3. The van der Waals surface area contributed by atoms with Gasteiger partial charge in [0.25, 0.3) is 0 Å². The highest BCUT2D eigenvalue weighted by Gasteiger charge is 2.29. The predicted octanol–water partition coefficient (Wildman–Crippen LogP) is 2.67. The van der Waals surface area contributed by atoms with E-state index in [9.17, 15) is 4.79 Å². The Balaban J connectivity index is 1.72. The molecule has 4 heteroatoms. The third-order valence-corrected chi connectivity index (χ3v) is 3.48. The molecule has 0 saturated carbocycles. The van der Waals surface area contributed by atoms with Crippen LogP contribution in [0.1, 0.15) is 30.2 Å². The Labute approximate surface area is 111 Å². The lowest BCUT2D eigenvalue weighted by Crippen LogP contribution is -2.32. The number of hydrogen-bond acceptors (Lipinski definition) is 3. The van der Waals surface area contributed by atoms with Gasteiger partial charge < -0.3 is 15.1 Å². The maximum absolute atomic E-state index is 12.3. The molecule has 4 nitrogen and oxygen atoms in total. The molecule has 2 N–H and O–H groups in total. The van der Waals surface area contributed by atoms with Crippen molar-refractivity contribution in [2.24, 2.45) is 0 Å². The van der Waals surface area contributed by atoms with Gasteiger partial charge in [-0.15, -0.1) is 0 Å². The molecule has 0 aliphatic carbocycles. The highest BCUT2D eigenvalue weighted by atomic mass is 16.3. The number of nitrogens with one attached hydrogen (secondary N) is 2. The van der Waals surface area contributed by atoms with Gasteiger partial charge in [0.05, 0.1) is 18.2 Å². The van der Waals surface area contributed by atoms with Gasteiger partial charge in [0, 0.05) is 12.2 Å². The average molecular weight is 256 g/mol. The Bertz CT molecular complexity index is 578. The summed E-state index contributed by atoms with van der Waals surface area (Å²) in [5.74, 6) is 0.669. The van der Waals surface area contributed by atoms with Crippen molar-refractivity contribution in [1.29, 1.82) is 0 Å². The molecule has 2 heterocycles. The molecule has 0 fully saturated rings. The minimum atomic E-state index is -0.131. The average Bonchev–Trinajstić information content (AvgIpc) is 3.08. The summed E-state index contributed by atoms with van der Waals surface area (Å²) < 4.78 is 5.30. The van der Waals surface area contributed by atoms with Gasteiger partial charge in [0.1, 0.15) is 5.76 Å². The van der Waals surface area contributed by atoms with Crippen molar-refractivity contribution < 1.29 is 9.21 Å². The number of carbonyl (C=O) groups is 1. The maximum atomic E-state index is 12.3. The number of fused-ring (bicyclic) bond motifs is 1. The zero-order chi connectivity index (χ0) is 13.2. The quantitative estimate of drug-likeness (QED) is 0.887. The van der Waals surface area contributed by atoms with Crippen molar-refractivity contribution in [2.75, 3.05) is 11.9 Å². The van der Waals surface area contributed by atoms with Crippen LogP contribution in [0.4, 0.5) is 5.69 Å². The fourth-order valence-corrected chi connectivity index (χ4v) is 2.44. The molecule has 2 atom stereocenters. The van der Waals surface area contributed by atoms with Crippen LogP contribution in [0, 0.1) is 0 Å². The van der Waals surface area contributed by atoms with Crippen molar-refractivity contribution in [3.63, 3.8) is 0 Å². The second-order valence-corrected chi connectivity index (χ2v) is 4.77. The standard InChI is InChI=1S/C15H16N2O2/c1-10(14-7-4-8-19-14)17-15(18)12-9-16-13-6-3-2-5-11(12)13/h2-8,10,12,16H,9H2,1H3,(H,17,18)/t10-,12?/m1/s1. The van der Waals surface area contributed by atoms with Crippen molar-refractivity contribution in [3.05, 3.63) is 54.0 Å². The van der Waals surface area contributed by atoms with Crippen LogP contribution < -0.4 is 10.6 Å². The Morgan fingerprint density at radius 2 is 2.21 bits per heavy atom. The summed E-state index contributed by atoms with van der Waals surface area (Å²) in [6.45, 7) is 2.57. The number of para-hydroxylation sites is 1. The van der Waals surface area contributed by atoms with E-state index in [1.54, 1.807) is 6.26 Å². The molecular weight excluding hydrogens is 240 g/mol. The van der Waals surface area contributed by atoms with Gasteiger partial charge in [-0.25, -0.2) is 0 Å². The molecule has 98 valence electrons. The zero-order valence-corrected chi connectivity index (χ0v) is 10.7. The van der Waals surface area contributed by atoms with Crippen LogP contribution in [0.15, 0.2) is 47.1 Å². The first-order valence-electron chi connectivity index (χ1n) is 6.42. The summed E-state index contributed by atoms with van der Waals surface area (Å²) >= 11 is 0. The lowest BCUT2D eigenvalue weighted by atomic mass is 10.00. The molecular formula is C15H16N2O2. The van der Waals surface area contributed by atoms with E-state index in [4.69, 9.17) is 4.42 Å². The van der Waals surface area contributed by atoms with Gasteiger partial charge in [-0.3, -0.25) is 4.79 Å². The molecule has 1 aromatic heterocycles. The van der Waals surface area contributed by atoms with E-state index in [-0.39, 0.29) is 17.9 Å². The van der Waals surface area contributed by atoms with Gasteiger partial charge >= 0.3 is 0 Å². The van der Waals surface area contributed by atoms with E-state index in [2.05, 4.69) is 10.6 Å². The van der Waals surface area contributed by atoms with E-state index < -0.39 is 0 Å². The van der Waals surface area contributed by atoms with Crippen molar-refractivity contribution >= 4 is 11.6 Å². The number of anilines is 1. The van der Waals surface area contributed by atoms with Crippen LogP contribution in [0.5, 0.6) is 0 Å². The Morgan fingerprint density at radius 3 is 3.00 bits per heavy atom. The summed E-state index contributed by atoms with van der Waals surface area (Å²) in [5.41, 5.74) is 2.11. The van der Waals surface area contributed by atoms with Crippen LogP contribution in [-0.2, 0) is 4.79 Å². The van der Waals surface area contributed by atoms with Crippen LogP contribution >= 0.6 is 0 Å². The van der Waals surface area contributed by atoms with Crippen molar-refractivity contribution in [3.8, 4) is 0 Å². The smallest absolute Gasteiger partial charge is 0.229 e. The summed E-state index contributed by atoms with van der Waals surface area (Å²) in [6, 6.07) is 11.5. The fourth-order valence-electron chi connectivity index (χ4n) is 2.44. The first-order valence-corrected chi connectivity index (χ1v) is 6.42. The molecule has 2 aromatic rings. The molecule has 0 bridgehead atoms.